The summed E-state index contributed by atoms with van der Waals surface area (Å²) < 4.78 is 0. The van der Waals surface area contributed by atoms with E-state index in [9.17, 15) is 0 Å². The minimum Gasteiger partial charge on any atom is -0.356 e. The van der Waals surface area contributed by atoms with Crippen molar-refractivity contribution < 1.29 is 0 Å². The highest BCUT2D eigenvalue weighted by Gasteiger charge is 2.21. The molecule has 4 nitrogen and oxygen atoms in total. The van der Waals surface area contributed by atoms with Gasteiger partial charge in [0.1, 0.15) is 0 Å². The van der Waals surface area contributed by atoms with Gasteiger partial charge in [-0.3, -0.25) is 9.89 Å². The Bertz CT molecular complexity index is 508. The first-order valence-electron chi connectivity index (χ1n) is 8.59. The van der Waals surface area contributed by atoms with Gasteiger partial charge in [-0.2, -0.15) is 0 Å². The molecule has 1 heterocycles. The summed E-state index contributed by atoms with van der Waals surface area (Å²) in [5.74, 6) is 1.84. The summed E-state index contributed by atoms with van der Waals surface area (Å²) in [4.78, 5) is 6.84. The van der Waals surface area contributed by atoms with Crippen LogP contribution in [0, 0.1) is 5.92 Å². The van der Waals surface area contributed by atoms with Gasteiger partial charge in [-0.1, -0.05) is 24.3 Å². The number of benzene rings is 1. The van der Waals surface area contributed by atoms with Gasteiger partial charge in [0.2, 0.25) is 0 Å². The number of fused-ring (bicyclic) bond motifs is 1. The van der Waals surface area contributed by atoms with Crippen molar-refractivity contribution in [3.05, 3.63) is 35.4 Å². The van der Waals surface area contributed by atoms with Crippen LogP contribution in [0.3, 0.4) is 0 Å². The van der Waals surface area contributed by atoms with E-state index in [1.165, 1.54) is 36.9 Å². The van der Waals surface area contributed by atoms with Crippen molar-refractivity contribution in [2.75, 3.05) is 33.2 Å². The lowest BCUT2D eigenvalue weighted by atomic mass is 10.00. The zero-order chi connectivity index (χ0) is 15.2. The molecule has 3 rings (SSSR count). The maximum atomic E-state index is 4.28. The fourth-order valence-electron chi connectivity index (χ4n) is 3.04. The van der Waals surface area contributed by atoms with Crippen LogP contribution in [0.25, 0.3) is 0 Å². The van der Waals surface area contributed by atoms with Crippen LogP contribution < -0.4 is 10.6 Å². The fourth-order valence-corrected chi connectivity index (χ4v) is 3.04. The highest BCUT2D eigenvalue weighted by Crippen LogP contribution is 2.27. The molecule has 0 atom stereocenters. The van der Waals surface area contributed by atoms with Crippen molar-refractivity contribution in [1.29, 1.82) is 0 Å². The molecule has 120 valence electrons. The average Bonchev–Trinajstić information content (AvgIpc) is 3.38. The molecular weight excluding hydrogens is 272 g/mol. The molecule has 0 amide bonds. The molecular formula is C18H28N4. The Labute approximate surface area is 134 Å². The topological polar surface area (TPSA) is 39.7 Å². The van der Waals surface area contributed by atoms with Crippen molar-refractivity contribution in [3.63, 3.8) is 0 Å². The second-order valence-corrected chi connectivity index (χ2v) is 6.47. The number of rotatable bonds is 6. The van der Waals surface area contributed by atoms with E-state index in [1.54, 1.807) is 0 Å². The monoisotopic (exact) mass is 300 g/mol. The minimum absolute atomic E-state index is 0.881. The van der Waals surface area contributed by atoms with Crippen molar-refractivity contribution in [3.8, 4) is 0 Å². The lowest BCUT2D eigenvalue weighted by Gasteiger charge is -2.28. The molecule has 0 bridgehead atoms. The standard InChI is InChI=1S/C18H28N4/c1-19-18(21-13-15-7-8-15)20-10-4-11-22-12-9-16-5-2-3-6-17(16)14-22/h2-3,5-6,15H,4,7-14H2,1H3,(H2,19,20,21). The molecule has 1 aromatic rings. The van der Waals surface area contributed by atoms with E-state index in [1.807, 2.05) is 7.05 Å². The number of nitrogens with one attached hydrogen (secondary N) is 2. The van der Waals surface area contributed by atoms with E-state index >= 15 is 0 Å². The van der Waals surface area contributed by atoms with Gasteiger partial charge < -0.3 is 10.6 Å². The molecule has 2 N–H and O–H groups in total. The highest BCUT2D eigenvalue weighted by atomic mass is 15.2. The molecule has 1 aromatic carbocycles. The summed E-state index contributed by atoms with van der Waals surface area (Å²) in [5, 5.41) is 6.83. The maximum Gasteiger partial charge on any atom is 0.190 e. The van der Waals surface area contributed by atoms with Gasteiger partial charge in [0, 0.05) is 39.8 Å². The number of aliphatic imine (C=N–C) groups is 1. The normalized spacial score (nSPS) is 18.9. The zero-order valence-electron chi connectivity index (χ0n) is 13.6. The molecule has 2 aliphatic rings. The number of nitrogens with zero attached hydrogens (tertiary/aromatic N) is 2. The molecule has 0 saturated heterocycles. The van der Waals surface area contributed by atoms with E-state index in [-0.39, 0.29) is 0 Å². The third-order valence-electron chi connectivity index (χ3n) is 4.63. The van der Waals surface area contributed by atoms with Crippen LogP contribution in [0.4, 0.5) is 0 Å². The summed E-state index contributed by atoms with van der Waals surface area (Å²) in [6, 6.07) is 8.84. The molecule has 22 heavy (non-hydrogen) atoms. The largest absolute Gasteiger partial charge is 0.356 e. The van der Waals surface area contributed by atoms with Gasteiger partial charge in [0.05, 0.1) is 0 Å². The number of hydrogen-bond donors (Lipinski definition) is 2. The Morgan fingerprint density at radius 1 is 1.23 bits per heavy atom. The molecule has 0 unspecified atom stereocenters. The van der Waals surface area contributed by atoms with Crippen LogP contribution in [0.2, 0.25) is 0 Å². The first-order chi connectivity index (χ1) is 10.8. The number of hydrogen-bond acceptors (Lipinski definition) is 2. The van der Waals surface area contributed by atoms with Crippen molar-refractivity contribution in [1.82, 2.24) is 15.5 Å². The Balaban J connectivity index is 1.33. The van der Waals surface area contributed by atoms with E-state index in [4.69, 9.17) is 0 Å². The second kappa shape index (κ2) is 7.63. The van der Waals surface area contributed by atoms with E-state index in [2.05, 4.69) is 44.8 Å². The summed E-state index contributed by atoms with van der Waals surface area (Å²) in [6.45, 7) is 5.50. The first kappa shape index (κ1) is 15.3. The zero-order valence-corrected chi connectivity index (χ0v) is 13.6. The van der Waals surface area contributed by atoms with Gasteiger partial charge in [0.15, 0.2) is 5.96 Å². The molecule has 1 aliphatic carbocycles. The van der Waals surface area contributed by atoms with Gasteiger partial charge in [-0.15, -0.1) is 0 Å². The Hall–Kier alpha value is -1.55. The Morgan fingerprint density at radius 3 is 2.82 bits per heavy atom. The number of guanidine groups is 1. The van der Waals surface area contributed by atoms with E-state index < -0.39 is 0 Å². The van der Waals surface area contributed by atoms with Crippen LogP contribution in [-0.4, -0.2) is 44.1 Å². The Kier molecular flexibility index (Phi) is 5.33. The maximum absolute atomic E-state index is 4.28. The van der Waals surface area contributed by atoms with Crippen LogP contribution in [-0.2, 0) is 13.0 Å². The van der Waals surface area contributed by atoms with Crippen LogP contribution in [0.5, 0.6) is 0 Å². The first-order valence-corrected chi connectivity index (χ1v) is 8.59. The second-order valence-electron chi connectivity index (χ2n) is 6.47. The van der Waals surface area contributed by atoms with Gasteiger partial charge in [-0.25, -0.2) is 0 Å². The van der Waals surface area contributed by atoms with Crippen LogP contribution in [0.1, 0.15) is 30.4 Å². The lowest BCUT2D eigenvalue weighted by molar-refractivity contribution is 0.251. The predicted molar refractivity (Wildman–Crippen MR) is 92.1 cm³/mol. The summed E-state index contributed by atoms with van der Waals surface area (Å²) in [5.41, 5.74) is 3.03. The third-order valence-corrected chi connectivity index (χ3v) is 4.63. The molecule has 4 heteroatoms. The van der Waals surface area contributed by atoms with Crippen LogP contribution in [0.15, 0.2) is 29.3 Å². The SMILES string of the molecule is CN=C(NCCCN1CCc2ccccc2C1)NCC1CC1. The molecule has 1 fully saturated rings. The smallest absolute Gasteiger partial charge is 0.190 e. The van der Waals surface area contributed by atoms with Crippen molar-refractivity contribution in [2.45, 2.75) is 32.2 Å². The molecule has 0 radical (unpaired) electrons. The fraction of sp³-hybridized carbons (Fsp3) is 0.611. The van der Waals surface area contributed by atoms with Crippen LogP contribution >= 0.6 is 0 Å². The molecule has 1 saturated carbocycles. The van der Waals surface area contributed by atoms with Crippen molar-refractivity contribution >= 4 is 5.96 Å². The molecule has 0 aromatic heterocycles. The van der Waals surface area contributed by atoms with Gasteiger partial charge in [-0.05, 0) is 42.7 Å². The Morgan fingerprint density at radius 2 is 2.05 bits per heavy atom. The van der Waals surface area contributed by atoms with E-state index in [0.717, 1.165) is 44.5 Å². The quantitative estimate of drug-likeness (QED) is 0.480. The minimum atomic E-state index is 0.881. The molecule has 0 spiro atoms. The average molecular weight is 300 g/mol. The highest BCUT2D eigenvalue weighted by molar-refractivity contribution is 5.79. The van der Waals surface area contributed by atoms with E-state index in [0.29, 0.717) is 0 Å². The van der Waals surface area contributed by atoms with Gasteiger partial charge >= 0.3 is 0 Å². The molecule has 1 aliphatic heterocycles. The summed E-state index contributed by atoms with van der Waals surface area (Å²) in [7, 11) is 1.85. The third kappa shape index (κ3) is 4.47. The predicted octanol–water partition coefficient (Wildman–Crippen LogP) is 2.01. The van der Waals surface area contributed by atoms with Gasteiger partial charge in [0.25, 0.3) is 0 Å². The summed E-state index contributed by atoms with van der Waals surface area (Å²) >= 11 is 0. The van der Waals surface area contributed by atoms with Crippen molar-refractivity contribution in [2.24, 2.45) is 10.9 Å². The lowest BCUT2D eigenvalue weighted by Crippen LogP contribution is -2.40. The summed E-state index contributed by atoms with van der Waals surface area (Å²) in [6.07, 6.45) is 5.10.